The monoisotopic (exact) mass is 1010 g/mol. The second-order valence-corrected chi connectivity index (χ2v) is 22.5. The molecule has 0 saturated carbocycles. The van der Waals surface area contributed by atoms with Gasteiger partial charge in [-0.1, -0.05) is 222 Å². The summed E-state index contributed by atoms with van der Waals surface area (Å²) in [4.78, 5) is 7.45. The molecular weight excluding hydrogens is 955 g/mol. The van der Waals surface area contributed by atoms with Crippen molar-refractivity contribution in [1.82, 2.24) is 0 Å². The SMILES string of the molecule is CC1(C)c2ccccc2N2c3ccc(-c4ccc(N(c5cccc6ccccc56)c5cccc6ccccc56)cc4)cc3C(C)(C)c3cc(-c4ccc(N(c5cccc6ccccc56)c5cccc6ccccc56)cc4)cc1c32. The van der Waals surface area contributed by atoms with Crippen LogP contribution in [-0.2, 0) is 10.8 Å². The molecule has 0 unspecified atom stereocenters. The molecule has 0 radical (unpaired) electrons. The summed E-state index contributed by atoms with van der Waals surface area (Å²) >= 11 is 0. The predicted octanol–water partition coefficient (Wildman–Crippen LogP) is 21.3. The number of benzene rings is 13. The van der Waals surface area contributed by atoms with Crippen LogP contribution in [0.5, 0.6) is 0 Å². The van der Waals surface area contributed by atoms with E-state index in [2.05, 4.69) is 315 Å². The van der Waals surface area contributed by atoms with Crippen LogP contribution in [0.3, 0.4) is 0 Å². The number of fused-ring (bicyclic) bond motifs is 8. The van der Waals surface area contributed by atoms with E-state index in [0.29, 0.717) is 0 Å². The Morgan fingerprint density at radius 2 is 0.595 bits per heavy atom. The second kappa shape index (κ2) is 17.9. The Hall–Kier alpha value is -9.70. The Bertz CT molecular complexity index is 4390. The summed E-state index contributed by atoms with van der Waals surface area (Å²) in [7, 11) is 0. The van der Waals surface area contributed by atoms with Crippen LogP contribution in [0.2, 0.25) is 0 Å². The minimum absolute atomic E-state index is 0.256. The summed E-state index contributed by atoms with van der Waals surface area (Å²) in [6.07, 6.45) is 0. The van der Waals surface area contributed by atoms with Gasteiger partial charge in [0.2, 0.25) is 0 Å². The van der Waals surface area contributed by atoms with Crippen LogP contribution < -0.4 is 14.7 Å². The second-order valence-electron chi connectivity index (χ2n) is 22.5. The molecule has 0 fully saturated rings. The van der Waals surface area contributed by atoms with Gasteiger partial charge in [0.05, 0.1) is 39.8 Å². The quantitative estimate of drug-likeness (QED) is 0.150. The number of hydrogen-bond donors (Lipinski definition) is 0. The Morgan fingerprint density at radius 3 is 1.04 bits per heavy atom. The Morgan fingerprint density at radius 1 is 0.266 bits per heavy atom. The highest BCUT2D eigenvalue weighted by Crippen LogP contribution is 2.61. The van der Waals surface area contributed by atoms with Crippen LogP contribution in [0.4, 0.5) is 51.2 Å². The molecule has 2 aliphatic heterocycles. The highest BCUT2D eigenvalue weighted by molar-refractivity contribution is 6.07. The van der Waals surface area contributed by atoms with Crippen LogP contribution in [0.15, 0.2) is 273 Å². The smallest absolute Gasteiger partial charge is 0.0544 e. The van der Waals surface area contributed by atoms with Crippen molar-refractivity contribution in [2.45, 2.75) is 38.5 Å². The molecule has 0 bridgehead atoms. The maximum absolute atomic E-state index is 2.57. The molecule has 3 heteroatoms. The van der Waals surface area contributed by atoms with E-state index in [1.54, 1.807) is 0 Å². The Kier molecular flexibility index (Phi) is 10.6. The van der Waals surface area contributed by atoms with Gasteiger partial charge in [-0.05, 0) is 145 Å². The van der Waals surface area contributed by atoms with Crippen molar-refractivity contribution in [3.05, 3.63) is 295 Å². The molecule has 15 rings (SSSR count). The number of rotatable bonds is 8. The normalized spacial score (nSPS) is 13.7. The average Bonchev–Trinajstić information content (AvgIpc) is 3.61. The highest BCUT2D eigenvalue weighted by Gasteiger charge is 2.46. The third kappa shape index (κ3) is 7.34. The molecule has 0 saturated heterocycles. The van der Waals surface area contributed by atoms with Crippen molar-refractivity contribution >= 4 is 94.3 Å². The van der Waals surface area contributed by atoms with E-state index in [-0.39, 0.29) is 10.8 Å². The van der Waals surface area contributed by atoms with E-state index in [4.69, 9.17) is 0 Å². The molecule has 2 heterocycles. The predicted molar refractivity (Wildman–Crippen MR) is 336 cm³/mol. The van der Waals surface area contributed by atoms with Gasteiger partial charge < -0.3 is 14.7 Å². The van der Waals surface area contributed by atoms with Crippen molar-refractivity contribution in [2.75, 3.05) is 14.7 Å². The summed E-state index contributed by atoms with van der Waals surface area (Å²) < 4.78 is 0. The van der Waals surface area contributed by atoms with Gasteiger partial charge in [-0.25, -0.2) is 0 Å². The van der Waals surface area contributed by atoms with Crippen LogP contribution >= 0.6 is 0 Å². The zero-order chi connectivity index (χ0) is 53.0. The van der Waals surface area contributed by atoms with Gasteiger partial charge >= 0.3 is 0 Å². The first-order chi connectivity index (χ1) is 38.7. The minimum Gasteiger partial charge on any atom is -0.309 e. The molecule has 0 aliphatic carbocycles. The first-order valence-electron chi connectivity index (χ1n) is 27.7. The third-order valence-electron chi connectivity index (χ3n) is 17.4. The zero-order valence-electron chi connectivity index (χ0n) is 44.8. The van der Waals surface area contributed by atoms with Crippen molar-refractivity contribution in [3.63, 3.8) is 0 Å². The van der Waals surface area contributed by atoms with Crippen LogP contribution in [0.25, 0.3) is 65.3 Å². The van der Waals surface area contributed by atoms with Crippen LogP contribution in [0.1, 0.15) is 49.9 Å². The fourth-order valence-corrected chi connectivity index (χ4v) is 13.3. The van der Waals surface area contributed by atoms with E-state index in [1.807, 2.05) is 0 Å². The van der Waals surface area contributed by atoms with Crippen molar-refractivity contribution in [2.24, 2.45) is 0 Å². The highest BCUT2D eigenvalue weighted by atomic mass is 15.2. The van der Waals surface area contributed by atoms with Gasteiger partial charge in [-0.15, -0.1) is 0 Å². The maximum Gasteiger partial charge on any atom is 0.0544 e. The fourth-order valence-electron chi connectivity index (χ4n) is 13.3. The molecule has 13 aromatic rings. The van der Waals surface area contributed by atoms with Gasteiger partial charge in [0, 0.05) is 43.7 Å². The fraction of sp³-hybridized carbons (Fsp3) is 0.0789. The molecular formula is C76H57N3. The molecule has 13 aromatic carbocycles. The summed E-state index contributed by atoms with van der Waals surface area (Å²) in [5.41, 5.74) is 20.1. The first kappa shape index (κ1) is 46.6. The molecule has 0 atom stereocenters. The number of anilines is 9. The minimum atomic E-state index is -0.344. The number of para-hydroxylation sites is 1. The maximum atomic E-state index is 2.57. The van der Waals surface area contributed by atoms with E-state index >= 15 is 0 Å². The van der Waals surface area contributed by atoms with Crippen molar-refractivity contribution in [1.29, 1.82) is 0 Å². The standard InChI is InChI=1S/C76H57N3/c1-75(2)64-31-13-14-32-72(64)79-73-46-41-56(50-37-42-58(43-38-50)77(68-33-15-23-52-19-5-9-27-60(52)68)69-34-16-24-53-20-6-10-28-61(53)69)47-65(73)76(3,4)67-49-57(48-66(75)74(67)79)51-39-44-59(45-40-51)78(70-35-17-25-54-21-7-11-29-62(54)70)71-36-18-26-55-22-8-12-30-63(55)71/h5-49H,1-4H3. The lowest BCUT2D eigenvalue weighted by Gasteiger charge is -2.50. The molecule has 376 valence electrons. The lowest BCUT2D eigenvalue weighted by Crippen LogP contribution is -2.38. The Balaban J connectivity index is 0.849. The summed E-state index contributed by atoms with van der Waals surface area (Å²) in [6.45, 7) is 9.69. The number of nitrogens with zero attached hydrogens (tertiary/aromatic N) is 3. The lowest BCUT2D eigenvalue weighted by atomic mass is 9.65. The summed E-state index contributed by atoms with van der Waals surface area (Å²) in [6, 6.07) is 101. The van der Waals surface area contributed by atoms with Gasteiger partial charge in [0.15, 0.2) is 0 Å². The molecule has 79 heavy (non-hydrogen) atoms. The van der Waals surface area contributed by atoms with Crippen molar-refractivity contribution in [3.8, 4) is 22.3 Å². The number of hydrogen-bond acceptors (Lipinski definition) is 3. The molecule has 0 N–H and O–H groups in total. The summed E-state index contributed by atoms with van der Waals surface area (Å²) in [5, 5.41) is 9.72. The van der Waals surface area contributed by atoms with E-state index < -0.39 is 0 Å². The molecule has 0 amide bonds. The van der Waals surface area contributed by atoms with Gasteiger partial charge in [0.25, 0.3) is 0 Å². The molecule has 2 aliphatic rings. The first-order valence-corrected chi connectivity index (χ1v) is 27.7. The third-order valence-corrected chi connectivity index (χ3v) is 17.4. The van der Waals surface area contributed by atoms with Gasteiger partial charge in [-0.3, -0.25) is 0 Å². The van der Waals surface area contributed by atoms with Gasteiger partial charge in [0.1, 0.15) is 0 Å². The van der Waals surface area contributed by atoms with Crippen LogP contribution in [-0.4, -0.2) is 0 Å². The van der Waals surface area contributed by atoms with E-state index in [0.717, 1.165) is 34.1 Å². The lowest BCUT2D eigenvalue weighted by molar-refractivity contribution is 0.598. The largest absolute Gasteiger partial charge is 0.309 e. The Labute approximate surface area is 462 Å². The molecule has 0 spiro atoms. The van der Waals surface area contributed by atoms with E-state index in [9.17, 15) is 0 Å². The topological polar surface area (TPSA) is 9.72 Å². The molecule has 0 aromatic heterocycles. The molecule has 3 nitrogen and oxygen atoms in total. The van der Waals surface area contributed by atoms with Gasteiger partial charge in [-0.2, -0.15) is 0 Å². The zero-order valence-corrected chi connectivity index (χ0v) is 44.8. The van der Waals surface area contributed by atoms with E-state index in [1.165, 1.54) is 105 Å². The average molecular weight is 1010 g/mol. The summed E-state index contributed by atoms with van der Waals surface area (Å²) in [5.74, 6) is 0. The van der Waals surface area contributed by atoms with Crippen molar-refractivity contribution < 1.29 is 0 Å². The van der Waals surface area contributed by atoms with Crippen LogP contribution in [0, 0.1) is 0 Å².